The molecule has 0 atom stereocenters. The first-order valence-electron chi connectivity index (χ1n) is 5.65. The summed E-state index contributed by atoms with van der Waals surface area (Å²) in [4.78, 5) is 2.31. The van der Waals surface area contributed by atoms with Crippen molar-refractivity contribution in [3.8, 4) is 0 Å². The van der Waals surface area contributed by atoms with Crippen LogP contribution in [0.15, 0.2) is 0 Å². The van der Waals surface area contributed by atoms with E-state index in [2.05, 4.69) is 23.8 Å². The molecule has 0 aliphatic rings. The summed E-state index contributed by atoms with van der Waals surface area (Å²) in [7, 11) is 1.96. The van der Waals surface area contributed by atoms with Gasteiger partial charge >= 0.3 is 0 Å². The minimum atomic E-state index is 0.819. The van der Waals surface area contributed by atoms with Crippen LogP contribution in [0.3, 0.4) is 0 Å². The SMILES string of the molecule is CCCN(CCC)c1c(N)c(C)nn1C. The van der Waals surface area contributed by atoms with Crippen LogP contribution >= 0.6 is 0 Å². The molecule has 0 fully saturated rings. The van der Waals surface area contributed by atoms with E-state index in [1.54, 1.807) is 0 Å². The zero-order valence-corrected chi connectivity index (χ0v) is 10.2. The van der Waals surface area contributed by atoms with Gasteiger partial charge in [0.15, 0.2) is 0 Å². The number of aryl methyl sites for hydroxylation is 2. The molecule has 0 spiro atoms. The highest BCUT2D eigenvalue weighted by atomic mass is 15.4. The third kappa shape index (κ3) is 2.43. The molecule has 1 aromatic rings. The molecule has 4 heteroatoms. The van der Waals surface area contributed by atoms with Crippen molar-refractivity contribution in [1.29, 1.82) is 0 Å². The van der Waals surface area contributed by atoms with Crippen LogP contribution in [0.4, 0.5) is 11.5 Å². The van der Waals surface area contributed by atoms with Crippen LogP contribution in [0.1, 0.15) is 32.4 Å². The van der Waals surface area contributed by atoms with Crippen molar-refractivity contribution in [3.05, 3.63) is 5.69 Å². The molecule has 86 valence electrons. The summed E-state index contributed by atoms with van der Waals surface area (Å²) >= 11 is 0. The topological polar surface area (TPSA) is 47.1 Å². The van der Waals surface area contributed by atoms with Crippen LogP contribution < -0.4 is 10.6 Å². The van der Waals surface area contributed by atoms with E-state index in [9.17, 15) is 0 Å². The van der Waals surface area contributed by atoms with E-state index in [-0.39, 0.29) is 0 Å². The Bertz CT molecular complexity index is 311. The number of rotatable bonds is 5. The molecule has 15 heavy (non-hydrogen) atoms. The van der Waals surface area contributed by atoms with Gasteiger partial charge in [0.05, 0.1) is 11.4 Å². The standard InChI is InChI=1S/C11H22N4/c1-5-7-15(8-6-2)11-10(12)9(3)13-14(11)4/h5-8,12H2,1-4H3. The van der Waals surface area contributed by atoms with Crippen molar-refractivity contribution in [1.82, 2.24) is 9.78 Å². The second kappa shape index (κ2) is 5.05. The summed E-state index contributed by atoms with van der Waals surface area (Å²) < 4.78 is 1.88. The molecule has 0 amide bonds. The van der Waals surface area contributed by atoms with Gasteiger partial charge in [-0.3, -0.25) is 4.68 Å². The molecular formula is C11H22N4. The molecule has 1 aromatic heterocycles. The molecular weight excluding hydrogens is 188 g/mol. The fourth-order valence-corrected chi connectivity index (χ4v) is 1.90. The number of anilines is 2. The van der Waals surface area contributed by atoms with E-state index in [1.807, 2.05) is 18.7 Å². The average molecular weight is 210 g/mol. The minimum absolute atomic E-state index is 0.819. The number of hydrogen-bond donors (Lipinski definition) is 1. The van der Waals surface area contributed by atoms with Crippen LogP contribution in [0, 0.1) is 6.92 Å². The summed E-state index contributed by atoms with van der Waals surface area (Å²) in [5.74, 6) is 1.07. The van der Waals surface area contributed by atoms with Gasteiger partial charge in [-0.25, -0.2) is 0 Å². The summed E-state index contributed by atoms with van der Waals surface area (Å²) in [6, 6.07) is 0. The molecule has 2 N–H and O–H groups in total. The zero-order chi connectivity index (χ0) is 11.4. The Hall–Kier alpha value is -1.19. The molecule has 0 saturated heterocycles. The van der Waals surface area contributed by atoms with Crippen LogP contribution in [-0.2, 0) is 7.05 Å². The maximum atomic E-state index is 6.04. The van der Waals surface area contributed by atoms with Gasteiger partial charge in [-0.1, -0.05) is 13.8 Å². The lowest BCUT2D eigenvalue weighted by Crippen LogP contribution is -2.27. The second-order valence-electron chi connectivity index (χ2n) is 3.93. The molecule has 1 heterocycles. The van der Waals surface area contributed by atoms with E-state index in [1.165, 1.54) is 0 Å². The normalized spacial score (nSPS) is 10.7. The summed E-state index contributed by atoms with van der Waals surface area (Å²) in [6.07, 6.45) is 2.26. The molecule has 0 radical (unpaired) electrons. The van der Waals surface area contributed by atoms with Crippen LogP contribution in [-0.4, -0.2) is 22.9 Å². The number of aromatic nitrogens is 2. The van der Waals surface area contributed by atoms with Gasteiger partial charge in [0, 0.05) is 20.1 Å². The van der Waals surface area contributed by atoms with Crippen molar-refractivity contribution < 1.29 is 0 Å². The van der Waals surface area contributed by atoms with Gasteiger partial charge in [-0.2, -0.15) is 5.10 Å². The molecule has 0 aromatic carbocycles. The molecule has 4 nitrogen and oxygen atoms in total. The van der Waals surface area contributed by atoms with Crippen molar-refractivity contribution in [2.24, 2.45) is 7.05 Å². The quantitative estimate of drug-likeness (QED) is 0.808. The first-order valence-corrected chi connectivity index (χ1v) is 5.65. The van der Waals surface area contributed by atoms with Gasteiger partial charge < -0.3 is 10.6 Å². The molecule has 0 aliphatic carbocycles. The van der Waals surface area contributed by atoms with E-state index < -0.39 is 0 Å². The highest BCUT2D eigenvalue weighted by Crippen LogP contribution is 2.25. The number of nitrogen functional groups attached to an aromatic ring is 1. The number of nitrogens with two attached hydrogens (primary N) is 1. The first kappa shape index (κ1) is 11.9. The first-order chi connectivity index (χ1) is 7.11. The van der Waals surface area contributed by atoms with Crippen LogP contribution in [0.5, 0.6) is 0 Å². The molecule has 0 unspecified atom stereocenters. The summed E-state index contributed by atoms with van der Waals surface area (Å²) in [5, 5.41) is 4.35. The average Bonchev–Trinajstić information content (AvgIpc) is 2.41. The highest BCUT2D eigenvalue weighted by Gasteiger charge is 2.15. The van der Waals surface area contributed by atoms with Gasteiger partial charge in [-0.15, -0.1) is 0 Å². The van der Waals surface area contributed by atoms with E-state index in [4.69, 9.17) is 5.73 Å². The fraction of sp³-hybridized carbons (Fsp3) is 0.727. The Balaban J connectivity index is 2.98. The second-order valence-corrected chi connectivity index (χ2v) is 3.93. The Morgan fingerprint density at radius 1 is 1.27 bits per heavy atom. The predicted molar refractivity (Wildman–Crippen MR) is 65.2 cm³/mol. The van der Waals surface area contributed by atoms with Gasteiger partial charge in [0.25, 0.3) is 0 Å². The monoisotopic (exact) mass is 210 g/mol. The predicted octanol–water partition coefficient (Wildman–Crippen LogP) is 1.94. The zero-order valence-electron chi connectivity index (χ0n) is 10.2. The largest absolute Gasteiger partial charge is 0.394 e. The lowest BCUT2D eigenvalue weighted by Gasteiger charge is -2.24. The maximum absolute atomic E-state index is 6.04. The lowest BCUT2D eigenvalue weighted by atomic mass is 10.3. The third-order valence-electron chi connectivity index (χ3n) is 2.52. The van der Waals surface area contributed by atoms with E-state index >= 15 is 0 Å². The Labute approximate surface area is 92.1 Å². The number of hydrogen-bond acceptors (Lipinski definition) is 3. The van der Waals surface area contributed by atoms with Crippen LogP contribution in [0.25, 0.3) is 0 Å². The molecule has 0 saturated carbocycles. The molecule has 0 aliphatic heterocycles. The lowest BCUT2D eigenvalue weighted by molar-refractivity contribution is 0.678. The van der Waals surface area contributed by atoms with E-state index in [0.717, 1.165) is 43.1 Å². The van der Waals surface area contributed by atoms with Crippen molar-refractivity contribution in [2.75, 3.05) is 23.7 Å². The molecule has 1 rings (SSSR count). The minimum Gasteiger partial charge on any atom is -0.394 e. The van der Waals surface area contributed by atoms with Crippen molar-refractivity contribution >= 4 is 11.5 Å². The number of nitrogens with zero attached hydrogens (tertiary/aromatic N) is 3. The van der Waals surface area contributed by atoms with Crippen LogP contribution in [0.2, 0.25) is 0 Å². The van der Waals surface area contributed by atoms with Crippen molar-refractivity contribution in [2.45, 2.75) is 33.6 Å². The fourth-order valence-electron chi connectivity index (χ4n) is 1.90. The maximum Gasteiger partial charge on any atom is 0.150 e. The smallest absolute Gasteiger partial charge is 0.150 e. The Morgan fingerprint density at radius 2 is 1.80 bits per heavy atom. The molecule has 0 bridgehead atoms. The van der Waals surface area contributed by atoms with Gasteiger partial charge in [0.1, 0.15) is 5.82 Å². The van der Waals surface area contributed by atoms with Crippen molar-refractivity contribution in [3.63, 3.8) is 0 Å². The summed E-state index contributed by atoms with van der Waals surface area (Å²) in [5.41, 5.74) is 7.78. The van der Waals surface area contributed by atoms with Gasteiger partial charge in [0.2, 0.25) is 0 Å². The Kier molecular flexibility index (Phi) is 4.00. The van der Waals surface area contributed by atoms with Gasteiger partial charge in [-0.05, 0) is 19.8 Å². The summed E-state index contributed by atoms with van der Waals surface area (Å²) in [6.45, 7) is 8.40. The Morgan fingerprint density at radius 3 is 2.13 bits per heavy atom. The third-order valence-corrected chi connectivity index (χ3v) is 2.52. The van der Waals surface area contributed by atoms with E-state index in [0.29, 0.717) is 0 Å². The highest BCUT2D eigenvalue weighted by molar-refractivity contribution is 5.66.